The maximum Gasteiger partial charge on any atom is 0.230 e. The molecule has 3 nitrogen and oxygen atoms in total. The number of rotatable bonds is 4. The monoisotopic (exact) mass is 257 g/mol. The van der Waals surface area contributed by atoms with Gasteiger partial charge in [0.1, 0.15) is 11.6 Å². The molecule has 0 spiro atoms. The standard InChI is InChI=1S/C12H13ClFNO2/c1-8(16)6-12(17)15(2)7-9-10(13)4-3-5-11(9)14/h3-5H,6-7H2,1-2H3. The molecule has 1 aromatic carbocycles. The van der Waals surface area contributed by atoms with E-state index in [2.05, 4.69) is 0 Å². The topological polar surface area (TPSA) is 37.4 Å². The summed E-state index contributed by atoms with van der Waals surface area (Å²) < 4.78 is 13.4. The van der Waals surface area contributed by atoms with E-state index >= 15 is 0 Å². The smallest absolute Gasteiger partial charge is 0.230 e. The van der Waals surface area contributed by atoms with Crippen molar-refractivity contribution in [1.82, 2.24) is 4.90 Å². The van der Waals surface area contributed by atoms with E-state index in [0.29, 0.717) is 0 Å². The Hall–Kier alpha value is -1.42. The van der Waals surface area contributed by atoms with Gasteiger partial charge in [0, 0.05) is 24.2 Å². The van der Waals surface area contributed by atoms with Crippen LogP contribution in [0.5, 0.6) is 0 Å². The molecule has 17 heavy (non-hydrogen) atoms. The molecule has 5 heteroatoms. The van der Waals surface area contributed by atoms with Crippen molar-refractivity contribution in [3.8, 4) is 0 Å². The zero-order valence-corrected chi connectivity index (χ0v) is 10.4. The van der Waals surface area contributed by atoms with Gasteiger partial charge in [0.25, 0.3) is 0 Å². The summed E-state index contributed by atoms with van der Waals surface area (Å²) in [6.07, 6.45) is -0.178. The molecule has 0 atom stereocenters. The molecule has 0 aliphatic heterocycles. The predicted octanol–water partition coefficient (Wildman–Crippen LogP) is 2.42. The molecule has 0 aliphatic carbocycles. The normalized spacial score (nSPS) is 10.1. The molecule has 0 saturated carbocycles. The molecular formula is C12H13ClFNO2. The van der Waals surface area contributed by atoms with Crippen LogP contribution in [0.25, 0.3) is 0 Å². The first-order chi connectivity index (χ1) is 7.91. The van der Waals surface area contributed by atoms with Crippen molar-refractivity contribution < 1.29 is 14.0 Å². The van der Waals surface area contributed by atoms with Gasteiger partial charge in [0.15, 0.2) is 0 Å². The predicted molar refractivity (Wildman–Crippen MR) is 63.2 cm³/mol. The molecule has 1 rings (SSSR count). The van der Waals surface area contributed by atoms with Crippen molar-refractivity contribution in [2.75, 3.05) is 7.05 Å². The zero-order valence-electron chi connectivity index (χ0n) is 9.67. The number of ketones is 1. The minimum atomic E-state index is -0.458. The minimum Gasteiger partial charge on any atom is -0.341 e. The van der Waals surface area contributed by atoms with E-state index in [1.807, 2.05) is 0 Å². The van der Waals surface area contributed by atoms with Crippen LogP contribution >= 0.6 is 11.6 Å². The van der Waals surface area contributed by atoms with Gasteiger partial charge >= 0.3 is 0 Å². The quantitative estimate of drug-likeness (QED) is 0.777. The lowest BCUT2D eigenvalue weighted by molar-refractivity contribution is -0.134. The zero-order chi connectivity index (χ0) is 13.0. The van der Waals surface area contributed by atoms with E-state index in [1.165, 1.54) is 31.0 Å². The summed E-state index contributed by atoms with van der Waals surface area (Å²) in [4.78, 5) is 23.6. The number of halogens is 2. The molecule has 0 heterocycles. The van der Waals surface area contributed by atoms with Crippen LogP contribution in [0.1, 0.15) is 18.9 Å². The highest BCUT2D eigenvalue weighted by molar-refractivity contribution is 6.31. The Bertz CT molecular complexity index is 428. The Labute approximate surface area is 104 Å². The Morgan fingerprint density at radius 3 is 2.59 bits per heavy atom. The minimum absolute atomic E-state index is 0.0532. The summed E-state index contributed by atoms with van der Waals surface area (Å²) in [5.74, 6) is -1.03. The molecule has 0 aromatic heterocycles. The first-order valence-corrected chi connectivity index (χ1v) is 5.46. The van der Waals surface area contributed by atoms with E-state index < -0.39 is 5.82 Å². The molecule has 92 valence electrons. The van der Waals surface area contributed by atoms with Crippen molar-refractivity contribution in [1.29, 1.82) is 0 Å². The molecular weight excluding hydrogens is 245 g/mol. The highest BCUT2D eigenvalue weighted by Gasteiger charge is 2.15. The number of hydrogen-bond acceptors (Lipinski definition) is 2. The van der Waals surface area contributed by atoms with Crippen LogP contribution in [0.3, 0.4) is 0 Å². The average Bonchev–Trinajstić information content (AvgIpc) is 2.22. The Morgan fingerprint density at radius 1 is 1.41 bits per heavy atom. The van der Waals surface area contributed by atoms with Crippen molar-refractivity contribution in [3.63, 3.8) is 0 Å². The van der Waals surface area contributed by atoms with Gasteiger partial charge in [0.2, 0.25) is 5.91 Å². The number of hydrogen-bond donors (Lipinski definition) is 0. The van der Waals surface area contributed by atoms with Crippen molar-refractivity contribution in [2.24, 2.45) is 0 Å². The van der Waals surface area contributed by atoms with Gasteiger partial charge in [0.05, 0.1) is 6.42 Å². The maximum atomic E-state index is 13.4. The summed E-state index contributed by atoms with van der Waals surface area (Å²) in [5, 5.41) is 0.271. The third-order valence-corrected chi connectivity index (χ3v) is 2.64. The summed E-state index contributed by atoms with van der Waals surface area (Å²) >= 11 is 5.84. The van der Waals surface area contributed by atoms with Crippen LogP contribution in [0.4, 0.5) is 4.39 Å². The van der Waals surface area contributed by atoms with E-state index in [0.717, 1.165) is 0 Å². The van der Waals surface area contributed by atoms with Gasteiger partial charge in [-0.15, -0.1) is 0 Å². The largest absolute Gasteiger partial charge is 0.341 e. The lowest BCUT2D eigenvalue weighted by Crippen LogP contribution is -2.28. The molecule has 0 unspecified atom stereocenters. The Kier molecular flexibility index (Phi) is 4.63. The number of carbonyl (C=O) groups is 2. The van der Waals surface area contributed by atoms with Gasteiger partial charge in [-0.25, -0.2) is 4.39 Å². The molecule has 0 aliphatic rings. The van der Waals surface area contributed by atoms with Crippen LogP contribution in [0.15, 0.2) is 18.2 Å². The van der Waals surface area contributed by atoms with Crippen LogP contribution in [-0.2, 0) is 16.1 Å². The van der Waals surface area contributed by atoms with E-state index in [1.54, 1.807) is 6.07 Å². The second-order valence-electron chi connectivity index (χ2n) is 3.83. The van der Waals surface area contributed by atoms with Crippen molar-refractivity contribution in [3.05, 3.63) is 34.6 Å². The van der Waals surface area contributed by atoms with Gasteiger partial charge in [-0.05, 0) is 19.1 Å². The number of nitrogens with zero attached hydrogens (tertiary/aromatic N) is 1. The first-order valence-electron chi connectivity index (χ1n) is 5.08. The van der Waals surface area contributed by atoms with Crippen LogP contribution in [-0.4, -0.2) is 23.6 Å². The third kappa shape index (κ3) is 3.82. The number of Topliss-reactive ketones (excluding diaryl/α,β-unsaturated/α-hetero) is 1. The number of amides is 1. The summed E-state index contributed by atoms with van der Waals surface area (Å²) in [5.41, 5.74) is 0.258. The lowest BCUT2D eigenvalue weighted by atomic mass is 10.2. The molecule has 0 saturated heterocycles. The summed E-state index contributed by atoms with van der Waals surface area (Å²) in [7, 11) is 1.51. The maximum absolute atomic E-state index is 13.4. The molecule has 0 bridgehead atoms. The second kappa shape index (κ2) is 5.77. The van der Waals surface area contributed by atoms with Crippen LogP contribution < -0.4 is 0 Å². The number of benzene rings is 1. The SMILES string of the molecule is CC(=O)CC(=O)N(C)Cc1c(F)cccc1Cl. The fraction of sp³-hybridized carbons (Fsp3) is 0.333. The highest BCUT2D eigenvalue weighted by Crippen LogP contribution is 2.20. The summed E-state index contributed by atoms with van der Waals surface area (Å²) in [6.45, 7) is 1.39. The van der Waals surface area contributed by atoms with Gasteiger partial charge in [-0.2, -0.15) is 0 Å². The van der Waals surface area contributed by atoms with E-state index in [-0.39, 0.29) is 35.2 Å². The molecule has 0 N–H and O–H groups in total. The van der Waals surface area contributed by atoms with Gasteiger partial charge in [-0.3, -0.25) is 9.59 Å². The van der Waals surface area contributed by atoms with Crippen LogP contribution in [0, 0.1) is 5.82 Å². The van der Waals surface area contributed by atoms with Crippen molar-refractivity contribution in [2.45, 2.75) is 19.9 Å². The first kappa shape index (κ1) is 13.6. The Morgan fingerprint density at radius 2 is 2.06 bits per heavy atom. The molecule has 0 radical (unpaired) electrons. The van der Waals surface area contributed by atoms with E-state index in [9.17, 15) is 14.0 Å². The van der Waals surface area contributed by atoms with Gasteiger partial charge in [-0.1, -0.05) is 17.7 Å². The molecule has 1 amide bonds. The van der Waals surface area contributed by atoms with Gasteiger partial charge < -0.3 is 4.90 Å². The highest BCUT2D eigenvalue weighted by atomic mass is 35.5. The van der Waals surface area contributed by atoms with Crippen molar-refractivity contribution >= 4 is 23.3 Å². The molecule has 0 fully saturated rings. The lowest BCUT2D eigenvalue weighted by Gasteiger charge is -2.17. The van der Waals surface area contributed by atoms with Crippen LogP contribution in [0.2, 0.25) is 5.02 Å². The summed E-state index contributed by atoms with van der Waals surface area (Å²) in [6, 6.07) is 4.34. The molecule has 1 aromatic rings. The fourth-order valence-electron chi connectivity index (χ4n) is 1.36. The third-order valence-electron chi connectivity index (χ3n) is 2.28. The Balaban J connectivity index is 2.77. The second-order valence-corrected chi connectivity index (χ2v) is 4.24. The fourth-order valence-corrected chi connectivity index (χ4v) is 1.58. The van der Waals surface area contributed by atoms with E-state index in [4.69, 9.17) is 11.6 Å². The average molecular weight is 258 g/mol. The number of carbonyl (C=O) groups excluding carboxylic acids is 2.